The quantitative estimate of drug-likeness (QED) is 0.776. The molecule has 0 spiro atoms. The third-order valence-corrected chi connectivity index (χ3v) is 3.20. The van der Waals surface area contributed by atoms with E-state index in [-0.39, 0.29) is 5.91 Å². The normalized spacial score (nSPS) is 10.4. The fraction of sp³-hybridized carbons (Fsp3) is 0.125. The van der Waals surface area contributed by atoms with Crippen molar-refractivity contribution in [1.82, 2.24) is 25.1 Å². The van der Waals surface area contributed by atoms with Gasteiger partial charge in [0.05, 0.1) is 11.9 Å². The van der Waals surface area contributed by atoms with Gasteiger partial charge < -0.3 is 5.32 Å². The van der Waals surface area contributed by atoms with Gasteiger partial charge in [-0.2, -0.15) is 5.10 Å². The van der Waals surface area contributed by atoms with Crippen molar-refractivity contribution in [2.24, 2.45) is 0 Å². The first-order valence-electron chi connectivity index (χ1n) is 6.96. The van der Waals surface area contributed by atoms with Crippen molar-refractivity contribution in [2.45, 2.75) is 6.42 Å². The molecule has 0 bridgehead atoms. The number of carbonyl (C=O) groups is 1. The number of amides is 1. The van der Waals surface area contributed by atoms with Gasteiger partial charge in [-0.25, -0.2) is 9.67 Å². The molecule has 0 unspecified atom stereocenters. The summed E-state index contributed by atoms with van der Waals surface area (Å²) in [6, 6.07) is 9.96. The highest BCUT2D eigenvalue weighted by Gasteiger charge is 2.05. The second kappa shape index (κ2) is 6.62. The largest absolute Gasteiger partial charge is 0.350 e. The van der Waals surface area contributed by atoms with Crippen molar-refractivity contribution in [3.63, 3.8) is 0 Å². The van der Waals surface area contributed by atoms with Gasteiger partial charge in [-0.05, 0) is 30.2 Å². The molecule has 6 heteroatoms. The van der Waals surface area contributed by atoms with Crippen LogP contribution in [0.1, 0.15) is 16.1 Å². The van der Waals surface area contributed by atoms with Gasteiger partial charge in [-0.3, -0.25) is 9.78 Å². The average molecular weight is 293 g/mol. The van der Waals surface area contributed by atoms with Crippen LogP contribution >= 0.6 is 0 Å². The van der Waals surface area contributed by atoms with Crippen LogP contribution in [0, 0.1) is 0 Å². The van der Waals surface area contributed by atoms with E-state index in [1.807, 2.05) is 36.5 Å². The highest BCUT2D eigenvalue weighted by atomic mass is 16.1. The molecule has 1 amide bonds. The predicted molar refractivity (Wildman–Crippen MR) is 81.6 cm³/mol. The lowest BCUT2D eigenvalue weighted by Crippen LogP contribution is -2.26. The smallest absolute Gasteiger partial charge is 0.271 e. The number of carbonyl (C=O) groups excluding carboxylic acids is 1. The Kier molecular flexibility index (Phi) is 4.20. The molecule has 6 nitrogen and oxygen atoms in total. The molecule has 0 aliphatic carbocycles. The zero-order valence-electron chi connectivity index (χ0n) is 11.9. The number of nitrogens with zero attached hydrogens (tertiary/aromatic N) is 4. The Hall–Kier alpha value is -3.02. The monoisotopic (exact) mass is 293 g/mol. The molecule has 0 fully saturated rings. The van der Waals surface area contributed by atoms with Gasteiger partial charge >= 0.3 is 0 Å². The van der Waals surface area contributed by atoms with Crippen molar-refractivity contribution < 1.29 is 4.79 Å². The van der Waals surface area contributed by atoms with Gasteiger partial charge in [-0.1, -0.05) is 12.1 Å². The minimum Gasteiger partial charge on any atom is -0.350 e. The first-order valence-corrected chi connectivity index (χ1v) is 6.96. The second-order valence-electron chi connectivity index (χ2n) is 4.71. The van der Waals surface area contributed by atoms with Crippen LogP contribution in [-0.4, -0.2) is 32.2 Å². The minimum atomic E-state index is -0.207. The van der Waals surface area contributed by atoms with Gasteiger partial charge in [0.1, 0.15) is 5.69 Å². The van der Waals surface area contributed by atoms with E-state index in [1.54, 1.807) is 10.9 Å². The predicted octanol–water partition coefficient (Wildman–Crippen LogP) is 1.63. The third-order valence-electron chi connectivity index (χ3n) is 3.20. The maximum absolute atomic E-state index is 11.8. The molecule has 0 aliphatic rings. The Balaban J connectivity index is 1.53. The molecule has 2 aromatic heterocycles. The van der Waals surface area contributed by atoms with Crippen molar-refractivity contribution >= 4 is 5.91 Å². The van der Waals surface area contributed by atoms with Crippen LogP contribution in [0.15, 0.2) is 61.3 Å². The van der Waals surface area contributed by atoms with Crippen LogP contribution in [0.25, 0.3) is 5.69 Å². The maximum atomic E-state index is 11.8. The molecule has 3 aromatic rings. The van der Waals surface area contributed by atoms with Crippen LogP contribution in [-0.2, 0) is 6.42 Å². The number of hydrogen-bond acceptors (Lipinski definition) is 4. The van der Waals surface area contributed by atoms with Crippen molar-refractivity contribution in [3.05, 3.63) is 72.6 Å². The van der Waals surface area contributed by atoms with Crippen LogP contribution in [0.2, 0.25) is 0 Å². The van der Waals surface area contributed by atoms with Crippen LogP contribution in [0.5, 0.6) is 0 Å². The van der Waals surface area contributed by atoms with Gasteiger partial charge in [0.2, 0.25) is 0 Å². The standard InChI is InChI=1S/C16H15N5O/c22-16(15-12-17-9-10-18-15)19-8-6-13-2-4-14(5-3-13)21-11-1-7-20-21/h1-5,7,9-12H,6,8H2,(H,19,22). The molecule has 110 valence electrons. The molecule has 1 N–H and O–H groups in total. The SMILES string of the molecule is O=C(NCCc1ccc(-n2cccn2)cc1)c1cnccn1. The lowest BCUT2D eigenvalue weighted by atomic mass is 10.1. The van der Waals surface area contributed by atoms with E-state index in [0.29, 0.717) is 12.2 Å². The Bertz CT molecular complexity index is 723. The molecule has 22 heavy (non-hydrogen) atoms. The molecule has 0 radical (unpaired) electrons. The topological polar surface area (TPSA) is 72.7 Å². The Morgan fingerprint density at radius 1 is 1.14 bits per heavy atom. The zero-order valence-corrected chi connectivity index (χ0v) is 11.9. The number of benzene rings is 1. The van der Waals surface area contributed by atoms with Crippen LogP contribution in [0.3, 0.4) is 0 Å². The second-order valence-corrected chi connectivity index (χ2v) is 4.71. The summed E-state index contributed by atoms with van der Waals surface area (Å²) in [4.78, 5) is 19.7. The van der Waals surface area contributed by atoms with E-state index >= 15 is 0 Å². The average Bonchev–Trinajstić information content (AvgIpc) is 3.11. The number of aromatic nitrogens is 4. The van der Waals surface area contributed by atoms with E-state index in [4.69, 9.17) is 0 Å². The van der Waals surface area contributed by atoms with Gasteiger partial charge in [-0.15, -0.1) is 0 Å². The summed E-state index contributed by atoms with van der Waals surface area (Å²) in [5.41, 5.74) is 2.49. The van der Waals surface area contributed by atoms with E-state index < -0.39 is 0 Å². The summed E-state index contributed by atoms with van der Waals surface area (Å²) in [5, 5.41) is 7.01. The summed E-state index contributed by atoms with van der Waals surface area (Å²) in [6.07, 6.45) is 8.90. The van der Waals surface area contributed by atoms with Crippen LogP contribution < -0.4 is 5.32 Å². The Morgan fingerprint density at radius 3 is 2.68 bits per heavy atom. The Morgan fingerprint density at radius 2 is 2.00 bits per heavy atom. The molecule has 1 aromatic carbocycles. The first-order chi connectivity index (χ1) is 10.8. The fourth-order valence-corrected chi connectivity index (χ4v) is 2.06. The third kappa shape index (κ3) is 3.35. The molecular weight excluding hydrogens is 278 g/mol. The molecule has 3 rings (SSSR count). The highest BCUT2D eigenvalue weighted by Crippen LogP contribution is 2.08. The molecule has 0 saturated carbocycles. The van der Waals surface area contributed by atoms with Gasteiger partial charge in [0.25, 0.3) is 5.91 Å². The molecule has 2 heterocycles. The summed E-state index contributed by atoms with van der Waals surface area (Å²) in [6.45, 7) is 0.552. The summed E-state index contributed by atoms with van der Waals surface area (Å²) in [7, 11) is 0. The summed E-state index contributed by atoms with van der Waals surface area (Å²) in [5.74, 6) is -0.207. The van der Waals surface area contributed by atoms with Crippen molar-refractivity contribution in [2.75, 3.05) is 6.54 Å². The molecule has 0 atom stereocenters. The fourth-order valence-electron chi connectivity index (χ4n) is 2.06. The number of nitrogens with one attached hydrogen (secondary N) is 1. The first kappa shape index (κ1) is 13.9. The van der Waals surface area contributed by atoms with E-state index in [0.717, 1.165) is 17.7 Å². The number of rotatable bonds is 5. The molecule has 0 saturated heterocycles. The van der Waals surface area contributed by atoms with Crippen molar-refractivity contribution in [1.29, 1.82) is 0 Å². The lowest BCUT2D eigenvalue weighted by molar-refractivity contribution is 0.0948. The Labute approximate surface area is 127 Å². The van der Waals surface area contributed by atoms with Crippen LogP contribution in [0.4, 0.5) is 0 Å². The minimum absolute atomic E-state index is 0.207. The molecular formula is C16H15N5O. The van der Waals surface area contributed by atoms with Gasteiger partial charge in [0.15, 0.2) is 0 Å². The zero-order chi connectivity index (χ0) is 15.2. The lowest BCUT2D eigenvalue weighted by Gasteiger charge is -2.06. The molecule has 0 aliphatic heterocycles. The van der Waals surface area contributed by atoms with E-state index in [1.165, 1.54) is 18.6 Å². The summed E-state index contributed by atoms with van der Waals surface area (Å²) >= 11 is 0. The van der Waals surface area contributed by atoms with E-state index in [9.17, 15) is 4.79 Å². The highest BCUT2D eigenvalue weighted by molar-refractivity contribution is 5.91. The van der Waals surface area contributed by atoms with Gasteiger partial charge in [0, 0.05) is 31.3 Å². The van der Waals surface area contributed by atoms with Crippen molar-refractivity contribution in [3.8, 4) is 5.69 Å². The van der Waals surface area contributed by atoms with E-state index in [2.05, 4.69) is 20.4 Å². The number of hydrogen-bond donors (Lipinski definition) is 1. The summed E-state index contributed by atoms with van der Waals surface area (Å²) < 4.78 is 1.81. The maximum Gasteiger partial charge on any atom is 0.271 e.